The molecule has 0 bridgehead atoms. The van der Waals surface area contributed by atoms with Crippen molar-refractivity contribution in [1.29, 1.82) is 0 Å². The van der Waals surface area contributed by atoms with Crippen LogP contribution in [0.15, 0.2) is 24.3 Å². The Morgan fingerprint density at radius 2 is 2.14 bits per heavy atom. The zero-order valence-electron chi connectivity index (χ0n) is 8.66. The third-order valence-corrected chi connectivity index (χ3v) is 2.11. The van der Waals surface area contributed by atoms with Crippen molar-refractivity contribution < 1.29 is 9.84 Å². The zero-order chi connectivity index (χ0) is 10.4. The summed E-state index contributed by atoms with van der Waals surface area (Å²) in [6.45, 7) is 1.09. The Bertz CT molecular complexity index is 276. The first kappa shape index (κ1) is 11.2. The molecule has 0 amide bonds. The van der Waals surface area contributed by atoms with Crippen molar-refractivity contribution in [3.63, 3.8) is 0 Å². The zero-order valence-corrected chi connectivity index (χ0v) is 8.66. The van der Waals surface area contributed by atoms with Gasteiger partial charge in [-0.1, -0.05) is 24.3 Å². The first-order valence-electron chi connectivity index (χ1n) is 4.69. The van der Waals surface area contributed by atoms with Crippen molar-refractivity contribution in [3.8, 4) is 0 Å². The molecule has 1 rings (SSSR count). The van der Waals surface area contributed by atoms with Gasteiger partial charge in [0.05, 0.1) is 12.7 Å². The van der Waals surface area contributed by atoms with E-state index in [0.717, 1.165) is 11.1 Å². The van der Waals surface area contributed by atoms with Crippen LogP contribution in [0.5, 0.6) is 0 Å². The molecule has 0 aliphatic rings. The molecule has 1 unspecified atom stereocenters. The number of nitrogens with one attached hydrogen (secondary N) is 1. The summed E-state index contributed by atoms with van der Waals surface area (Å²) in [7, 11) is 3.48. The summed E-state index contributed by atoms with van der Waals surface area (Å²) in [5.41, 5.74) is 1.97. The molecule has 0 aromatic heterocycles. The second kappa shape index (κ2) is 5.75. The van der Waals surface area contributed by atoms with Crippen LogP contribution in [0, 0.1) is 0 Å². The third-order valence-electron chi connectivity index (χ3n) is 2.11. The van der Waals surface area contributed by atoms with E-state index in [1.807, 2.05) is 31.3 Å². The molecule has 2 N–H and O–H groups in total. The summed E-state index contributed by atoms with van der Waals surface area (Å²) in [4.78, 5) is 0. The van der Waals surface area contributed by atoms with Crippen LogP contribution in [-0.4, -0.2) is 25.8 Å². The molecule has 78 valence electrons. The van der Waals surface area contributed by atoms with Gasteiger partial charge in [-0.2, -0.15) is 0 Å². The van der Waals surface area contributed by atoms with Gasteiger partial charge in [0, 0.05) is 13.7 Å². The second-order valence-electron chi connectivity index (χ2n) is 3.21. The lowest BCUT2D eigenvalue weighted by atomic mass is 10.0. The highest BCUT2D eigenvalue weighted by Crippen LogP contribution is 2.17. The molecule has 0 saturated carbocycles. The Balaban J connectivity index is 2.82. The van der Waals surface area contributed by atoms with Gasteiger partial charge in [-0.05, 0) is 18.2 Å². The monoisotopic (exact) mass is 195 g/mol. The summed E-state index contributed by atoms with van der Waals surface area (Å²) < 4.78 is 5.07. The minimum Gasteiger partial charge on any atom is -0.387 e. The Labute approximate surface area is 84.7 Å². The predicted molar refractivity (Wildman–Crippen MR) is 56.0 cm³/mol. The van der Waals surface area contributed by atoms with E-state index in [2.05, 4.69) is 5.32 Å². The number of rotatable bonds is 5. The van der Waals surface area contributed by atoms with E-state index in [-0.39, 0.29) is 0 Å². The van der Waals surface area contributed by atoms with Gasteiger partial charge in [0.2, 0.25) is 0 Å². The van der Waals surface area contributed by atoms with Crippen molar-refractivity contribution in [2.75, 3.05) is 20.7 Å². The van der Waals surface area contributed by atoms with Gasteiger partial charge in [0.25, 0.3) is 0 Å². The fraction of sp³-hybridized carbons (Fsp3) is 0.455. The standard InChI is InChI=1S/C11H17NO2/c1-12-7-11(13)10-6-4-3-5-9(10)8-14-2/h3-6,11-13H,7-8H2,1-2H3. The molecule has 3 heteroatoms. The largest absolute Gasteiger partial charge is 0.387 e. The van der Waals surface area contributed by atoms with Crippen LogP contribution in [0.25, 0.3) is 0 Å². The van der Waals surface area contributed by atoms with Crippen LogP contribution in [-0.2, 0) is 11.3 Å². The molecular weight excluding hydrogens is 178 g/mol. The van der Waals surface area contributed by atoms with Crippen LogP contribution >= 0.6 is 0 Å². The molecule has 0 heterocycles. The fourth-order valence-corrected chi connectivity index (χ4v) is 1.45. The maximum atomic E-state index is 9.81. The minimum atomic E-state index is -0.466. The van der Waals surface area contributed by atoms with Crippen molar-refractivity contribution in [3.05, 3.63) is 35.4 Å². The molecule has 1 atom stereocenters. The minimum absolute atomic E-state index is 0.466. The van der Waals surface area contributed by atoms with Gasteiger partial charge in [0.15, 0.2) is 0 Å². The van der Waals surface area contributed by atoms with E-state index < -0.39 is 6.10 Å². The summed E-state index contributed by atoms with van der Waals surface area (Å²) in [6, 6.07) is 7.77. The van der Waals surface area contributed by atoms with Crippen LogP contribution in [0.3, 0.4) is 0 Å². The van der Waals surface area contributed by atoms with E-state index in [9.17, 15) is 5.11 Å². The second-order valence-corrected chi connectivity index (χ2v) is 3.21. The SMILES string of the molecule is CNCC(O)c1ccccc1COC. The van der Waals surface area contributed by atoms with Crippen LogP contribution in [0.1, 0.15) is 17.2 Å². The Morgan fingerprint density at radius 1 is 1.43 bits per heavy atom. The number of likely N-dealkylation sites (N-methyl/N-ethyl adjacent to an activating group) is 1. The number of methoxy groups -OCH3 is 1. The first-order chi connectivity index (χ1) is 6.79. The first-order valence-corrected chi connectivity index (χ1v) is 4.69. The van der Waals surface area contributed by atoms with Gasteiger partial charge in [0.1, 0.15) is 0 Å². The van der Waals surface area contributed by atoms with Gasteiger partial charge < -0.3 is 15.2 Å². The summed E-state index contributed by atoms with van der Waals surface area (Å²) in [5.74, 6) is 0. The van der Waals surface area contributed by atoms with Crippen molar-refractivity contribution in [2.45, 2.75) is 12.7 Å². The number of benzene rings is 1. The number of aliphatic hydroxyl groups excluding tert-OH is 1. The Hall–Kier alpha value is -0.900. The van der Waals surface area contributed by atoms with E-state index in [4.69, 9.17) is 4.74 Å². The number of ether oxygens (including phenoxy) is 1. The van der Waals surface area contributed by atoms with Crippen LogP contribution in [0.2, 0.25) is 0 Å². The molecule has 0 spiro atoms. The normalized spacial score (nSPS) is 12.8. The lowest BCUT2D eigenvalue weighted by Gasteiger charge is -2.14. The summed E-state index contributed by atoms with van der Waals surface area (Å²) >= 11 is 0. The van der Waals surface area contributed by atoms with Crippen molar-refractivity contribution in [1.82, 2.24) is 5.32 Å². The molecule has 0 aliphatic heterocycles. The molecule has 3 nitrogen and oxygen atoms in total. The molecule has 0 saturated heterocycles. The van der Waals surface area contributed by atoms with Crippen molar-refractivity contribution in [2.24, 2.45) is 0 Å². The highest BCUT2D eigenvalue weighted by Gasteiger charge is 2.10. The smallest absolute Gasteiger partial charge is 0.0917 e. The maximum Gasteiger partial charge on any atom is 0.0917 e. The Morgan fingerprint density at radius 3 is 2.79 bits per heavy atom. The highest BCUT2D eigenvalue weighted by atomic mass is 16.5. The average Bonchev–Trinajstić information content (AvgIpc) is 2.19. The average molecular weight is 195 g/mol. The molecule has 1 aromatic rings. The van der Waals surface area contributed by atoms with Gasteiger partial charge in [-0.15, -0.1) is 0 Å². The lowest BCUT2D eigenvalue weighted by molar-refractivity contribution is 0.161. The lowest BCUT2D eigenvalue weighted by Crippen LogP contribution is -2.18. The van der Waals surface area contributed by atoms with Gasteiger partial charge >= 0.3 is 0 Å². The molecule has 0 radical (unpaired) electrons. The highest BCUT2D eigenvalue weighted by molar-refractivity contribution is 5.28. The van der Waals surface area contributed by atoms with Crippen molar-refractivity contribution >= 4 is 0 Å². The Kier molecular flexibility index (Phi) is 4.59. The van der Waals surface area contributed by atoms with E-state index in [1.165, 1.54) is 0 Å². The number of hydrogen-bond acceptors (Lipinski definition) is 3. The van der Waals surface area contributed by atoms with E-state index >= 15 is 0 Å². The quantitative estimate of drug-likeness (QED) is 0.739. The summed E-state index contributed by atoms with van der Waals surface area (Å²) in [6.07, 6.45) is -0.466. The molecular formula is C11H17NO2. The van der Waals surface area contributed by atoms with E-state index in [1.54, 1.807) is 7.11 Å². The molecule has 0 aliphatic carbocycles. The van der Waals surface area contributed by atoms with Crippen LogP contribution in [0.4, 0.5) is 0 Å². The molecule has 0 fully saturated rings. The fourth-order valence-electron chi connectivity index (χ4n) is 1.45. The third kappa shape index (κ3) is 2.80. The summed E-state index contributed by atoms with van der Waals surface area (Å²) in [5, 5.41) is 12.8. The topological polar surface area (TPSA) is 41.5 Å². The van der Waals surface area contributed by atoms with Crippen LogP contribution < -0.4 is 5.32 Å². The molecule has 14 heavy (non-hydrogen) atoms. The van der Waals surface area contributed by atoms with Gasteiger partial charge in [-0.3, -0.25) is 0 Å². The maximum absolute atomic E-state index is 9.81. The number of hydrogen-bond donors (Lipinski definition) is 2. The number of aliphatic hydroxyl groups is 1. The molecule has 1 aromatic carbocycles. The predicted octanol–water partition coefficient (Wildman–Crippen LogP) is 1.09. The van der Waals surface area contributed by atoms with Gasteiger partial charge in [-0.25, -0.2) is 0 Å². The van der Waals surface area contributed by atoms with E-state index in [0.29, 0.717) is 13.2 Å².